The molecule has 0 radical (unpaired) electrons. The molecule has 1 heterocycles. The number of anilines is 1. The molecule has 156 valence electrons. The summed E-state index contributed by atoms with van der Waals surface area (Å²) in [6.45, 7) is 2.04. The number of carbonyl (C=O) groups excluding carboxylic acids is 4. The summed E-state index contributed by atoms with van der Waals surface area (Å²) in [6.07, 6.45) is 0.127. The maximum Gasteiger partial charge on any atom is 0.327 e. The van der Waals surface area contributed by atoms with Crippen LogP contribution in [0.15, 0.2) is 12.1 Å². The fourth-order valence-electron chi connectivity index (χ4n) is 3.07. The quantitative estimate of drug-likeness (QED) is 0.420. The van der Waals surface area contributed by atoms with E-state index in [0.29, 0.717) is 11.0 Å². The highest BCUT2D eigenvalue weighted by atomic mass is 19.2. The summed E-state index contributed by atoms with van der Waals surface area (Å²) in [5.74, 6) is -7.38. The minimum absolute atomic E-state index is 0.00988. The van der Waals surface area contributed by atoms with Gasteiger partial charge in [0.15, 0.2) is 23.6 Å². The number of halogens is 3. The van der Waals surface area contributed by atoms with E-state index in [0.717, 1.165) is 25.8 Å². The van der Waals surface area contributed by atoms with Gasteiger partial charge in [-0.3, -0.25) is 19.3 Å². The second-order valence-electron chi connectivity index (χ2n) is 7.14. The molecule has 2 N–H and O–H groups in total. The first kappa shape index (κ1) is 20.6. The molecular weight excluding hydrogens is 395 g/mol. The summed E-state index contributed by atoms with van der Waals surface area (Å²) < 4.78 is 44.6. The van der Waals surface area contributed by atoms with Crippen molar-refractivity contribution in [3.05, 3.63) is 29.6 Å². The number of nitrogens with zero attached hydrogens (tertiary/aromatic N) is 1. The summed E-state index contributed by atoms with van der Waals surface area (Å²) in [5, 5.41) is 4.54. The Morgan fingerprint density at radius 2 is 1.93 bits per heavy atom. The lowest BCUT2D eigenvalue weighted by Crippen LogP contribution is -2.46. The Morgan fingerprint density at radius 3 is 2.55 bits per heavy atom. The van der Waals surface area contributed by atoms with Gasteiger partial charge in [-0.2, -0.15) is 0 Å². The van der Waals surface area contributed by atoms with Gasteiger partial charge < -0.3 is 15.4 Å². The van der Waals surface area contributed by atoms with Gasteiger partial charge in [0, 0.05) is 0 Å². The molecule has 1 aromatic carbocycles. The molecule has 2 fully saturated rings. The SMILES string of the molecule is C[C@H](OC(=O)CN1C(=O)N[C@@](C)(C2CC2)C1=O)C(=O)Nc1ccc(F)c(F)c1F. The molecule has 0 unspecified atom stereocenters. The Bertz CT molecular complexity index is 905. The highest BCUT2D eigenvalue weighted by Gasteiger charge is 2.56. The number of amides is 4. The predicted octanol–water partition coefficient (Wildman–Crippen LogP) is 1.69. The third-order valence-corrected chi connectivity index (χ3v) is 4.95. The molecule has 4 amide bonds. The van der Waals surface area contributed by atoms with Gasteiger partial charge in [0.25, 0.3) is 11.8 Å². The van der Waals surface area contributed by atoms with E-state index in [4.69, 9.17) is 4.74 Å². The van der Waals surface area contributed by atoms with Crippen molar-refractivity contribution in [3.63, 3.8) is 0 Å². The lowest BCUT2D eigenvalue weighted by molar-refractivity contribution is -0.155. The number of rotatable bonds is 6. The van der Waals surface area contributed by atoms with Crippen LogP contribution in [-0.4, -0.2) is 46.9 Å². The highest BCUT2D eigenvalue weighted by Crippen LogP contribution is 2.42. The van der Waals surface area contributed by atoms with Crippen molar-refractivity contribution in [3.8, 4) is 0 Å². The van der Waals surface area contributed by atoms with E-state index in [-0.39, 0.29) is 5.92 Å². The molecule has 1 aromatic rings. The van der Waals surface area contributed by atoms with Crippen molar-refractivity contribution in [2.75, 3.05) is 11.9 Å². The maximum absolute atomic E-state index is 13.6. The summed E-state index contributed by atoms with van der Waals surface area (Å²) >= 11 is 0. The van der Waals surface area contributed by atoms with Gasteiger partial charge in [0.1, 0.15) is 12.1 Å². The van der Waals surface area contributed by atoms with Gasteiger partial charge in [0.2, 0.25) is 0 Å². The lowest BCUT2D eigenvalue weighted by atomic mass is 9.96. The molecule has 2 atom stereocenters. The summed E-state index contributed by atoms with van der Waals surface area (Å²) in [7, 11) is 0. The van der Waals surface area contributed by atoms with Crippen molar-refractivity contribution < 1.29 is 37.1 Å². The Hall–Kier alpha value is -3.11. The normalized spacial score (nSPS) is 22.3. The number of hydrogen-bond donors (Lipinski definition) is 2. The van der Waals surface area contributed by atoms with Crippen LogP contribution in [0, 0.1) is 23.4 Å². The summed E-state index contributed by atoms with van der Waals surface area (Å²) in [6, 6.07) is 0.702. The van der Waals surface area contributed by atoms with E-state index >= 15 is 0 Å². The number of imide groups is 1. The van der Waals surface area contributed by atoms with Crippen molar-refractivity contribution in [2.45, 2.75) is 38.3 Å². The summed E-state index contributed by atoms with van der Waals surface area (Å²) in [4.78, 5) is 49.3. The standard InChI is InChI=1S/C18H18F3N3O5/c1-8(15(26)22-11-6-5-10(19)13(20)14(11)21)29-12(25)7-24-16(27)18(2,9-3-4-9)23-17(24)28/h5-6,8-9H,3-4,7H2,1-2H3,(H,22,26)(H,23,28)/t8-,18-/m0/s1. The molecule has 0 bridgehead atoms. The maximum atomic E-state index is 13.6. The molecule has 1 saturated carbocycles. The second-order valence-corrected chi connectivity index (χ2v) is 7.14. The fraction of sp³-hybridized carbons (Fsp3) is 0.444. The van der Waals surface area contributed by atoms with Crippen LogP contribution in [0.2, 0.25) is 0 Å². The second kappa shape index (κ2) is 7.37. The molecule has 1 aliphatic heterocycles. The van der Waals surface area contributed by atoms with Crippen LogP contribution >= 0.6 is 0 Å². The molecule has 1 aliphatic carbocycles. The monoisotopic (exact) mass is 413 g/mol. The van der Waals surface area contributed by atoms with Crippen LogP contribution in [0.5, 0.6) is 0 Å². The minimum atomic E-state index is -1.76. The van der Waals surface area contributed by atoms with Gasteiger partial charge in [-0.25, -0.2) is 18.0 Å². The molecule has 11 heteroatoms. The van der Waals surface area contributed by atoms with E-state index in [9.17, 15) is 32.3 Å². The van der Waals surface area contributed by atoms with Crippen molar-refractivity contribution >= 4 is 29.5 Å². The molecule has 3 rings (SSSR count). The van der Waals surface area contributed by atoms with Crippen molar-refractivity contribution in [1.29, 1.82) is 0 Å². The molecule has 29 heavy (non-hydrogen) atoms. The van der Waals surface area contributed by atoms with Crippen molar-refractivity contribution in [1.82, 2.24) is 10.2 Å². The number of esters is 1. The number of nitrogens with one attached hydrogen (secondary N) is 2. The van der Waals surface area contributed by atoms with Crippen LogP contribution in [0.25, 0.3) is 0 Å². The summed E-state index contributed by atoms with van der Waals surface area (Å²) in [5.41, 5.74) is -1.70. The Labute approximate surface area is 163 Å². The number of urea groups is 1. The smallest absolute Gasteiger partial charge is 0.327 e. The topological polar surface area (TPSA) is 105 Å². The molecular formula is C18H18F3N3O5. The Balaban J connectivity index is 1.58. The molecule has 2 aliphatic rings. The average molecular weight is 413 g/mol. The first-order valence-corrected chi connectivity index (χ1v) is 8.82. The van der Waals surface area contributed by atoms with Crippen LogP contribution in [0.1, 0.15) is 26.7 Å². The third kappa shape index (κ3) is 3.89. The zero-order valence-corrected chi connectivity index (χ0v) is 15.6. The number of carbonyl (C=O) groups is 4. The zero-order valence-electron chi connectivity index (χ0n) is 15.6. The first-order chi connectivity index (χ1) is 13.5. The lowest BCUT2D eigenvalue weighted by Gasteiger charge is -2.21. The Morgan fingerprint density at radius 1 is 1.28 bits per heavy atom. The third-order valence-electron chi connectivity index (χ3n) is 4.95. The predicted molar refractivity (Wildman–Crippen MR) is 91.9 cm³/mol. The van der Waals surface area contributed by atoms with E-state index in [2.05, 4.69) is 5.32 Å². The molecule has 8 nitrogen and oxygen atoms in total. The fourth-order valence-corrected chi connectivity index (χ4v) is 3.07. The zero-order chi connectivity index (χ0) is 21.5. The van der Waals surface area contributed by atoms with Crippen molar-refractivity contribution in [2.24, 2.45) is 5.92 Å². The largest absolute Gasteiger partial charge is 0.451 e. The molecule has 0 aromatic heterocycles. The van der Waals surface area contributed by atoms with E-state index in [1.807, 2.05) is 5.32 Å². The van der Waals surface area contributed by atoms with Crippen LogP contribution in [-0.2, 0) is 19.1 Å². The minimum Gasteiger partial charge on any atom is -0.451 e. The molecule has 1 saturated heterocycles. The van der Waals surface area contributed by atoms with Gasteiger partial charge >= 0.3 is 12.0 Å². The van der Waals surface area contributed by atoms with Gasteiger partial charge in [0.05, 0.1) is 5.69 Å². The van der Waals surface area contributed by atoms with Gasteiger partial charge in [-0.15, -0.1) is 0 Å². The van der Waals surface area contributed by atoms with Crippen LogP contribution < -0.4 is 10.6 Å². The van der Waals surface area contributed by atoms with E-state index < -0.39 is 65.1 Å². The number of hydrogen-bond acceptors (Lipinski definition) is 5. The molecule has 0 spiro atoms. The van der Waals surface area contributed by atoms with Crippen LogP contribution in [0.4, 0.5) is 23.7 Å². The number of benzene rings is 1. The van der Waals surface area contributed by atoms with Gasteiger partial charge in [-0.05, 0) is 44.7 Å². The van der Waals surface area contributed by atoms with Gasteiger partial charge in [-0.1, -0.05) is 0 Å². The van der Waals surface area contributed by atoms with E-state index in [1.54, 1.807) is 6.92 Å². The Kier molecular flexibility index (Phi) is 5.24. The van der Waals surface area contributed by atoms with Crippen LogP contribution in [0.3, 0.4) is 0 Å². The highest BCUT2D eigenvalue weighted by molar-refractivity contribution is 6.09. The first-order valence-electron chi connectivity index (χ1n) is 8.82. The number of ether oxygens (including phenoxy) is 1. The van der Waals surface area contributed by atoms with E-state index in [1.165, 1.54) is 0 Å². The average Bonchev–Trinajstić information content (AvgIpc) is 3.48.